The van der Waals surface area contributed by atoms with Crippen molar-refractivity contribution in [3.8, 4) is 11.1 Å². The van der Waals surface area contributed by atoms with E-state index in [0.29, 0.717) is 39.5 Å². The normalized spacial score (nSPS) is 18.0. The Kier molecular flexibility index (Phi) is 4.82. The van der Waals surface area contributed by atoms with Crippen LogP contribution in [0.5, 0.6) is 0 Å². The number of pyridine rings is 2. The monoisotopic (exact) mass is 500 g/mol. The highest BCUT2D eigenvalue weighted by Crippen LogP contribution is 2.47. The first-order valence-electron chi connectivity index (χ1n) is 11.9. The van der Waals surface area contributed by atoms with Crippen LogP contribution in [0.1, 0.15) is 32.3 Å². The van der Waals surface area contributed by atoms with Crippen molar-refractivity contribution in [3.05, 3.63) is 64.5 Å². The Bertz CT molecular complexity index is 1800. The Morgan fingerprint density at radius 2 is 1.97 bits per heavy atom. The van der Waals surface area contributed by atoms with E-state index in [0.717, 1.165) is 10.9 Å². The maximum absolute atomic E-state index is 14.5. The minimum Gasteiger partial charge on any atom is -0.465 e. The minimum atomic E-state index is -0.956. The summed E-state index contributed by atoms with van der Waals surface area (Å²) in [7, 11) is 0. The Morgan fingerprint density at radius 3 is 2.70 bits per heavy atom. The number of likely N-dealkylation sites (tertiary alicyclic amines) is 1. The number of hydrogen-bond donors (Lipinski definition) is 4. The Labute approximate surface area is 210 Å². The number of amides is 1. The number of nitrogens with zero attached hydrogens (tertiary/aromatic N) is 3. The first-order valence-corrected chi connectivity index (χ1v) is 11.9. The lowest BCUT2D eigenvalue weighted by molar-refractivity contribution is -0.00112. The Hall–Kier alpha value is -4.47. The van der Waals surface area contributed by atoms with Gasteiger partial charge in [0.05, 0.1) is 17.2 Å². The summed E-state index contributed by atoms with van der Waals surface area (Å²) in [5.41, 5.74) is 8.83. The molecule has 1 fully saturated rings. The summed E-state index contributed by atoms with van der Waals surface area (Å²) in [6.07, 6.45) is 2.20. The van der Waals surface area contributed by atoms with Crippen molar-refractivity contribution in [2.45, 2.75) is 32.7 Å². The van der Waals surface area contributed by atoms with Crippen molar-refractivity contribution in [1.29, 1.82) is 0 Å². The van der Waals surface area contributed by atoms with E-state index in [1.54, 1.807) is 12.3 Å². The summed E-state index contributed by atoms with van der Waals surface area (Å²) in [4.78, 5) is 33.9. The molecule has 1 amide bonds. The molecule has 9 nitrogen and oxygen atoms in total. The molecule has 6 rings (SSSR count). The minimum absolute atomic E-state index is 0.00372. The fourth-order valence-corrected chi connectivity index (χ4v) is 5.89. The number of fused-ring (bicyclic) bond motifs is 4. The second kappa shape index (κ2) is 7.76. The van der Waals surface area contributed by atoms with Crippen LogP contribution in [-0.2, 0) is 0 Å². The summed E-state index contributed by atoms with van der Waals surface area (Å²) in [5.74, 6) is -0.566. The molecule has 0 aliphatic carbocycles. The largest absolute Gasteiger partial charge is 0.465 e. The number of anilines is 1. The first-order chi connectivity index (χ1) is 17.6. The van der Waals surface area contributed by atoms with Gasteiger partial charge in [-0.15, -0.1) is 0 Å². The van der Waals surface area contributed by atoms with Crippen LogP contribution in [0.4, 0.5) is 14.9 Å². The quantitative estimate of drug-likeness (QED) is 0.256. The van der Waals surface area contributed by atoms with E-state index in [-0.39, 0.29) is 28.6 Å². The zero-order chi connectivity index (χ0) is 26.2. The molecular formula is C27H25FN6O3. The average Bonchev–Trinajstić information content (AvgIpc) is 3.30. The van der Waals surface area contributed by atoms with Crippen molar-refractivity contribution in [2.24, 2.45) is 5.41 Å². The van der Waals surface area contributed by atoms with Gasteiger partial charge in [-0.2, -0.15) is 5.10 Å². The van der Waals surface area contributed by atoms with E-state index in [9.17, 15) is 19.1 Å². The molecule has 0 spiro atoms. The SMILES string of the molecule is CC(C)(C)C1C(c2cc3c(-c4ccc(F)c5[nH]ncc45)c(N)c(=O)[nH]c3c3ncccc23)CN1C(=O)O. The fraction of sp³-hybridized carbons (Fsp3) is 0.259. The van der Waals surface area contributed by atoms with Gasteiger partial charge in [0.1, 0.15) is 17.0 Å². The van der Waals surface area contributed by atoms with Gasteiger partial charge < -0.3 is 20.7 Å². The number of hydrogen-bond acceptors (Lipinski definition) is 5. The van der Waals surface area contributed by atoms with Gasteiger partial charge >= 0.3 is 6.09 Å². The Balaban J connectivity index is 1.71. The van der Waals surface area contributed by atoms with Gasteiger partial charge in [-0.25, -0.2) is 9.18 Å². The molecule has 2 aromatic carbocycles. The molecule has 1 aliphatic heterocycles. The number of benzene rings is 2. The second-order valence-electron chi connectivity index (χ2n) is 10.6. The first kappa shape index (κ1) is 23.0. The molecule has 0 bridgehead atoms. The van der Waals surface area contributed by atoms with Crippen molar-refractivity contribution in [3.63, 3.8) is 0 Å². The lowest BCUT2D eigenvalue weighted by Crippen LogP contribution is -2.62. The van der Waals surface area contributed by atoms with Crippen LogP contribution in [0.3, 0.4) is 0 Å². The molecule has 0 saturated carbocycles. The molecule has 3 aromatic heterocycles. The lowest BCUT2D eigenvalue weighted by Gasteiger charge is -2.53. The van der Waals surface area contributed by atoms with Crippen molar-refractivity contribution in [1.82, 2.24) is 25.1 Å². The molecule has 2 unspecified atom stereocenters. The zero-order valence-corrected chi connectivity index (χ0v) is 20.5. The number of nitrogens with two attached hydrogens (primary N) is 1. The third-order valence-electron chi connectivity index (χ3n) is 7.42. The third kappa shape index (κ3) is 3.28. The number of aromatic nitrogens is 4. The van der Waals surface area contributed by atoms with Crippen LogP contribution in [0.15, 0.2) is 47.5 Å². The predicted molar refractivity (Wildman–Crippen MR) is 140 cm³/mol. The summed E-state index contributed by atoms with van der Waals surface area (Å²) in [5, 5.41) is 18.4. The summed E-state index contributed by atoms with van der Waals surface area (Å²) in [6.45, 7) is 6.41. The molecule has 5 N–H and O–H groups in total. The van der Waals surface area contributed by atoms with Crippen molar-refractivity contribution >= 4 is 44.5 Å². The maximum atomic E-state index is 14.5. The summed E-state index contributed by atoms with van der Waals surface area (Å²) < 4.78 is 14.5. The molecule has 0 radical (unpaired) electrons. The lowest BCUT2D eigenvalue weighted by atomic mass is 9.69. The summed E-state index contributed by atoms with van der Waals surface area (Å²) >= 11 is 0. The molecule has 188 valence electrons. The van der Waals surface area contributed by atoms with Crippen LogP contribution in [0, 0.1) is 11.2 Å². The van der Waals surface area contributed by atoms with E-state index in [1.807, 2.05) is 39.0 Å². The van der Waals surface area contributed by atoms with Crippen LogP contribution < -0.4 is 11.3 Å². The highest BCUT2D eigenvalue weighted by atomic mass is 19.1. The van der Waals surface area contributed by atoms with Crippen LogP contribution in [0.25, 0.3) is 43.8 Å². The van der Waals surface area contributed by atoms with Gasteiger partial charge in [-0.3, -0.25) is 14.9 Å². The van der Waals surface area contributed by atoms with E-state index in [1.165, 1.54) is 17.2 Å². The Morgan fingerprint density at radius 1 is 1.19 bits per heavy atom. The van der Waals surface area contributed by atoms with Gasteiger partial charge in [0.25, 0.3) is 5.56 Å². The molecule has 4 heterocycles. The molecule has 5 aromatic rings. The highest BCUT2D eigenvalue weighted by molar-refractivity contribution is 6.14. The summed E-state index contributed by atoms with van der Waals surface area (Å²) in [6, 6.07) is 8.37. The van der Waals surface area contributed by atoms with Crippen LogP contribution >= 0.6 is 0 Å². The molecule has 10 heteroatoms. The zero-order valence-electron chi connectivity index (χ0n) is 20.5. The smallest absolute Gasteiger partial charge is 0.407 e. The topological polar surface area (TPSA) is 141 Å². The van der Waals surface area contributed by atoms with Crippen molar-refractivity contribution in [2.75, 3.05) is 12.3 Å². The standard InChI is InChI=1S/C27H25FN6O3/c1-27(2,3)24-17(11-34(24)26(36)37)14-9-15-19(12-6-7-18(28)21-16(12)10-31-33-21)20(29)25(35)32-23(15)22-13(14)5-4-8-30-22/h4-10,17,24H,11,29H2,1-3H3,(H,31,33)(H,32,35)(H,36,37). The average molecular weight is 501 g/mol. The number of nitrogen functional groups attached to an aromatic ring is 1. The van der Waals surface area contributed by atoms with Gasteiger partial charge in [0.15, 0.2) is 0 Å². The predicted octanol–water partition coefficient (Wildman–Crippen LogP) is 4.83. The number of carbonyl (C=O) groups is 1. The molecular weight excluding hydrogens is 475 g/mol. The number of rotatable bonds is 2. The van der Waals surface area contributed by atoms with E-state index in [2.05, 4.69) is 20.2 Å². The number of nitrogens with one attached hydrogen (secondary N) is 2. The number of carboxylic acid groups (broad SMARTS) is 1. The van der Waals surface area contributed by atoms with Crippen LogP contribution in [-0.4, -0.2) is 48.9 Å². The van der Waals surface area contributed by atoms with Crippen LogP contribution in [0.2, 0.25) is 0 Å². The van der Waals surface area contributed by atoms with E-state index >= 15 is 0 Å². The van der Waals surface area contributed by atoms with Crippen molar-refractivity contribution < 1.29 is 14.3 Å². The fourth-order valence-electron chi connectivity index (χ4n) is 5.89. The maximum Gasteiger partial charge on any atom is 0.407 e. The number of halogens is 1. The highest BCUT2D eigenvalue weighted by Gasteiger charge is 2.49. The molecule has 1 saturated heterocycles. The van der Waals surface area contributed by atoms with E-state index < -0.39 is 17.5 Å². The van der Waals surface area contributed by atoms with Gasteiger partial charge in [-0.05, 0) is 34.7 Å². The number of aromatic amines is 2. The molecule has 1 aliphatic rings. The van der Waals surface area contributed by atoms with Gasteiger partial charge in [0.2, 0.25) is 0 Å². The van der Waals surface area contributed by atoms with E-state index in [4.69, 9.17) is 5.73 Å². The van der Waals surface area contributed by atoms with Gasteiger partial charge in [0, 0.05) is 46.4 Å². The molecule has 37 heavy (non-hydrogen) atoms. The molecule has 2 atom stereocenters. The number of H-pyrrole nitrogens is 2. The third-order valence-corrected chi connectivity index (χ3v) is 7.42. The second-order valence-corrected chi connectivity index (χ2v) is 10.6. The van der Waals surface area contributed by atoms with Gasteiger partial charge in [-0.1, -0.05) is 32.9 Å².